The fourth-order valence-electron chi connectivity index (χ4n) is 2.04. The molecule has 2 rings (SSSR count). The van der Waals surface area contributed by atoms with E-state index in [0.717, 1.165) is 5.56 Å². The molecule has 0 saturated carbocycles. The van der Waals surface area contributed by atoms with Crippen LogP contribution in [0.5, 0.6) is 11.5 Å². The van der Waals surface area contributed by atoms with Gasteiger partial charge in [-0.3, -0.25) is 0 Å². The lowest BCUT2D eigenvalue weighted by atomic mass is 10.00. The molecule has 0 aliphatic rings. The third-order valence-corrected chi connectivity index (χ3v) is 3.05. The van der Waals surface area contributed by atoms with E-state index in [1.54, 1.807) is 24.3 Å². The molecule has 106 valence electrons. The van der Waals surface area contributed by atoms with Crippen molar-refractivity contribution in [1.29, 1.82) is 5.26 Å². The van der Waals surface area contributed by atoms with Crippen molar-refractivity contribution in [2.45, 2.75) is 0 Å². The van der Waals surface area contributed by atoms with E-state index in [1.165, 1.54) is 26.4 Å². The van der Waals surface area contributed by atoms with Gasteiger partial charge in [0.25, 0.3) is 0 Å². The van der Waals surface area contributed by atoms with Crippen LogP contribution in [-0.2, 0) is 0 Å². The number of carboxylic acid groups (broad SMARTS) is 1. The molecule has 0 atom stereocenters. The predicted octanol–water partition coefficient (Wildman–Crippen LogP) is 2.94. The molecule has 0 saturated heterocycles. The Morgan fingerprint density at radius 2 is 1.81 bits per heavy atom. The van der Waals surface area contributed by atoms with E-state index in [4.69, 9.17) is 19.8 Å². The SMILES string of the molecule is COc1cc(C#N)cc(-c2ccc(C(=O)O)cc2)c1OC. The van der Waals surface area contributed by atoms with Gasteiger partial charge in [-0.25, -0.2) is 4.79 Å². The number of benzene rings is 2. The van der Waals surface area contributed by atoms with Gasteiger partial charge in [-0.2, -0.15) is 5.26 Å². The first-order valence-electron chi connectivity index (χ1n) is 6.10. The Kier molecular flexibility index (Phi) is 4.10. The standard InChI is InChI=1S/C16H13NO4/c1-20-14-8-10(9-17)7-13(15(14)21-2)11-3-5-12(6-4-11)16(18)19/h3-8H,1-2H3,(H,18,19). The summed E-state index contributed by atoms with van der Waals surface area (Å²) in [7, 11) is 3.01. The summed E-state index contributed by atoms with van der Waals surface area (Å²) in [6, 6.07) is 11.7. The van der Waals surface area contributed by atoms with Crippen molar-refractivity contribution in [2.75, 3.05) is 14.2 Å². The van der Waals surface area contributed by atoms with Crippen LogP contribution in [0.15, 0.2) is 36.4 Å². The Balaban J connectivity index is 2.61. The zero-order valence-corrected chi connectivity index (χ0v) is 11.6. The lowest BCUT2D eigenvalue weighted by Gasteiger charge is -2.13. The molecule has 2 aromatic rings. The second kappa shape index (κ2) is 5.97. The summed E-state index contributed by atoms with van der Waals surface area (Å²) >= 11 is 0. The van der Waals surface area contributed by atoms with Gasteiger partial charge in [0.1, 0.15) is 0 Å². The van der Waals surface area contributed by atoms with E-state index in [2.05, 4.69) is 6.07 Å². The molecule has 21 heavy (non-hydrogen) atoms. The van der Waals surface area contributed by atoms with Gasteiger partial charge in [-0.05, 0) is 23.8 Å². The highest BCUT2D eigenvalue weighted by atomic mass is 16.5. The molecular formula is C16H13NO4. The van der Waals surface area contributed by atoms with Crippen molar-refractivity contribution in [3.05, 3.63) is 47.5 Å². The fourth-order valence-corrected chi connectivity index (χ4v) is 2.04. The van der Waals surface area contributed by atoms with Gasteiger partial charge in [0, 0.05) is 11.6 Å². The number of hydrogen-bond acceptors (Lipinski definition) is 4. The molecule has 0 aliphatic heterocycles. The second-order valence-corrected chi connectivity index (χ2v) is 4.25. The summed E-state index contributed by atoms with van der Waals surface area (Å²) in [6.07, 6.45) is 0. The van der Waals surface area contributed by atoms with E-state index < -0.39 is 5.97 Å². The van der Waals surface area contributed by atoms with Crippen LogP contribution in [0.3, 0.4) is 0 Å². The summed E-state index contributed by atoms with van der Waals surface area (Å²) in [5.41, 5.74) is 2.05. The van der Waals surface area contributed by atoms with Gasteiger partial charge in [-0.1, -0.05) is 12.1 Å². The zero-order chi connectivity index (χ0) is 15.4. The minimum atomic E-state index is -0.989. The zero-order valence-electron chi connectivity index (χ0n) is 11.6. The molecule has 0 unspecified atom stereocenters. The van der Waals surface area contributed by atoms with Crippen molar-refractivity contribution in [1.82, 2.24) is 0 Å². The van der Waals surface area contributed by atoms with E-state index in [9.17, 15) is 4.79 Å². The van der Waals surface area contributed by atoms with Crippen LogP contribution in [0.4, 0.5) is 0 Å². The molecule has 5 nitrogen and oxygen atoms in total. The molecule has 0 fully saturated rings. The molecule has 0 heterocycles. The van der Waals surface area contributed by atoms with Crippen LogP contribution < -0.4 is 9.47 Å². The molecule has 0 bridgehead atoms. The number of carboxylic acids is 1. The number of methoxy groups -OCH3 is 2. The van der Waals surface area contributed by atoms with Crippen LogP contribution in [-0.4, -0.2) is 25.3 Å². The topological polar surface area (TPSA) is 79.5 Å². The van der Waals surface area contributed by atoms with Crippen molar-refractivity contribution >= 4 is 5.97 Å². The number of nitriles is 1. The third kappa shape index (κ3) is 2.79. The molecule has 0 aliphatic carbocycles. The first-order chi connectivity index (χ1) is 10.1. The van der Waals surface area contributed by atoms with E-state index >= 15 is 0 Å². The Morgan fingerprint density at radius 3 is 2.29 bits per heavy atom. The quantitative estimate of drug-likeness (QED) is 0.933. The van der Waals surface area contributed by atoms with Gasteiger partial charge < -0.3 is 14.6 Å². The number of aromatic carboxylic acids is 1. The van der Waals surface area contributed by atoms with Crippen molar-refractivity contribution < 1.29 is 19.4 Å². The highest BCUT2D eigenvalue weighted by Crippen LogP contribution is 2.39. The minimum absolute atomic E-state index is 0.195. The molecule has 0 aromatic heterocycles. The molecule has 0 spiro atoms. The fraction of sp³-hybridized carbons (Fsp3) is 0.125. The first-order valence-corrected chi connectivity index (χ1v) is 6.10. The largest absolute Gasteiger partial charge is 0.493 e. The van der Waals surface area contributed by atoms with Crippen molar-refractivity contribution in [2.24, 2.45) is 0 Å². The molecule has 0 amide bonds. The third-order valence-electron chi connectivity index (χ3n) is 3.05. The Labute approximate surface area is 122 Å². The lowest BCUT2D eigenvalue weighted by Crippen LogP contribution is -1.97. The van der Waals surface area contributed by atoms with E-state index in [1.807, 2.05) is 0 Å². The summed E-state index contributed by atoms with van der Waals surface area (Å²) < 4.78 is 10.6. The lowest BCUT2D eigenvalue weighted by molar-refractivity contribution is 0.0697. The van der Waals surface area contributed by atoms with Gasteiger partial charge in [0.2, 0.25) is 0 Å². The normalized spacial score (nSPS) is 9.76. The highest BCUT2D eigenvalue weighted by molar-refractivity contribution is 5.88. The Bertz CT molecular complexity index is 714. The van der Waals surface area contributed by atoms with Crippen LogP contribution >= 0.6 is 0 Å². The van der Waals surface area contributed by atoms with Crippen LogP contribution in [0, 0.1) is 11.3 Å². The summed E-state index contributed by atoms with van der Waals surface area (Å²) in [6.45, 7) is 0. The molecule has 0 radical (unpaired) electrons. The maximum Gasteiger partial charge on any atom is 0.335 e. The minimum Gasteiger partial charge on any atom is -0.493 e. The van der Waals surface area contributed by atoms with Gasteiger partial charge in [-0.15, -0.1) is 0 Å². The summed E-state index contributed by atoms with van der Waals surface area (Å²) in [5, 5.41) is 18.0. The molecular weight excluding hydrogens is 270 g/mol. The Morgan fingerprint density at radius 1 is 1.14 bits per heavy atom. The molecule has 1 N–H and O–H groups in total. The number of hydrogen-bond donors (Lipinski definition) is 1. The maximum absolute atomic E-state index is 10.9. The van der Waals surface area contributed by atoms with E-state index in [-0.39, 0.29) is 5.56 Å². The number of rotatable bonds is 4. The summed E-state index contributed by atoms with van der Waals surface area (Å²) in [5.74, 6) is -0.0368. The maximum atomic E-state index is 10.9. The average molecular weight is 283 g/mol. The first kappa shape index (κ1) is 14.4. The van der Waals surface area contributed by atoms with E-state index in [0.29, 0.717) is 22.6 Å². The smallest absolute Gasteiger partial charge is 0.335 e. The van der Waals surface area contributed by atoms with Gasteiger partial charge >= 0.3 is 5.97 Å². The number of ether oxygens (including phenoxy) is 2. The average Bonchev–Trinajstić information content (AvgIpc) is 2.53. The van der Waals surface area contributed by atoms with Crippen LogP contribution in [0.25, 0.3) is 11.1 Å². The van der Waals surface area contributed by atoms with Gasteiger partial charge in [0.15, 0.2) is 11.5 Å². The number of nitrogens with zero attached hydrogens (tertiary/aromatic N) is 1. The summed E-state index contributed by atoms with van der Waals surface area (Å²) in [4.78, 5) is 10.9. The predicted molar refractivity (Wildman–Crippen MR) is 76.7 cm³/mol. The number of carbonyl (C=O) groups is 1. The second-order valence-electron chi connectivity index (χ2n) is 4.25. The monoisotopic (exact) mass is 283 g/mol. The van der Waals surface area contributed by atoms with Crippen LogP contribution in [0.1, 0.15) is 15.9 Å². The molecule has 5 heteroatoms. The highest BCUT2D eigenvalue weighted by Gasteiger charge is 2.14. The van der Waals surface area contributed by atoms with Crippen LogP contribution in [0.2, 0.25) is 0 Å². The Hall–Kier alpha value is -3.00. The van der Waals surface area contributed by atoms with Crippen molar-refractivity contribution in [3.8, 4) is 28.7 Å². The van der Waals surface area contributed by atoms with Gasteiger partial charge in [0.05, 0.1) is 31.4 Å². The molecule has 2 aromatic carbocycles. The van der Waals surface area contributed by atoms with Crippen molar-refractivity contribution in [3.63, 3.8) is 0 Å².